The molecule has 22 heavy (non-hydrogen) atoms. The summed E-state index contributed by atoms with van der Waals surface area (Å²) in [5, 5.41) is 0.791. The Bertz CT molecular complexity index is 877. The van der Waals surface area contributed by atoms with E-state index in [1.807, 2.05) is 43.3 Å². The predicted octanol–water partition coefficient (Wildman–Crippen LogP) is 4.63. The maximum atomic E-state index is 12.4. The van der Waals surface area contributed by atoms with Crippen molar-refractivity contribution in [2.75, 3.05) is 0 Å². The molecule has 0 bridgehead atoms. The Balaban J connectivity index is 2.07. The van der Waals surface area contributed by atoms with E-state index in [1.54, 1.807) is 12.1 Å². The number of hydrogen-bond donors (Lipinski definition) is 0. The smallest absolute Gasteiger partial charge is 0.343 e. The van der Waals surface area contributed by atoms with Crippen LogP contribution in [0.2, 0.25) is 0 Å². The molecule has 110 valence electrons. The number of ketones is 1. The van der Waals surface area contributed by atoms with Crippen molar-refractivity contribution in [3.63, 3.8) is 0 Å². The van der Waals surface area contributed by atoms with Crippen LogP contribution < -0.4 is 4.74 Å². The number of ether oxygens (including phenoxy) is 1. The van der Waals surface area contributed by atoms with Crippen molar-refractivity contribution in [1.82, 2.24) is 0 Å². The largest absolute Gasteiger partial charge is 0.421 e. The van der Waals surface area contributed by atoms with Crippen LogP contribution >= 0.6 is 11.3 Å². The SMILES string of the molecule is CC(=O)c1sc2ccccc2c1OC(=O)c1ccccc1C. The minimum atomic E-state index is -0.441. The normalized spacial score (nSPS) is 10.6. The molecule has 0 N–H and O–H groups in total. The van der Waals surface area contributed by atoms with Crippen LogP contribution in [0.4, 0.5) is 0 Å². The van der Waals surface area contributed by atoms with Crippen LogP contribution in [0.25, 0.3) is 10.1 Å². The molecular formula is C18H14O3S. The quantitative estimate of drug-likeness (QED) is 0.523. The zero-order valence-corrected chi connectivity index (χ0v) is 13.1. The van der Waals surface area contributed by atoms with Crippen LogP contribution in [0.15, 0.2) is 48.5 Å². The topological polar surface area (TPSA) is 43.4 Å². The van der Waals surface area contributed by atoms with Crippen LogP contribution in [0.3, 0.4) is 0 Å². The Morgan fingerprint density at radius 2 is 1.68 bits per heavy atom. The summed E-state index contributed by atoms with van der Waals surface area (Å²) in [4.78, 5) is 24.7. The summed E-state index contributed by atoms with van der Waals surface area (Å²) in [6.07, 6.45) is 0. The van der Waals surface area contributed by atoms with E-state index >= 15 is 0 Å². The standard InChI is InChI=1S/C18H14O3S/c1-11-7-3-4-8-13(11)18(20)21-16-14-9-5-6-10-15(14)22-17(16)12(2)19/h3-10H,1-2H3. The highest BCUT2D eigenvalue weighted by molar-refractivity contribution is 7.21. The molecule has 0 radical (unpaired) electrons. The zero-order chi connectivity index (χ0) is 15.7. The van der Waals surface area contributed by atoms with Crippen molar-refractivity contribution in [1.29, 1.82) is 0 Å². The maximum Gasteiger partial charge on any atom is 0.343 e. The number of rotatable bonds is 3. The molecule has 3 aromatic rings. The van der Waals surface area contributed by atoms with Gasteiger partial charge >= 0.3 is 5.97 Å². The fourth-order valence-electron chi connectivity index (χ4n) is 2.30. The van der Waals surface area contributed by atoms with Crippen molar-refractivity contribution in [3.8, 4) is 5.75 Å². The summed E-state index contributed by atoms with van der Waals surface area (Å²) < 4.78 is 6.51. The van der Waals surface area contributed by atoms with Crippen molar-refractivity contribution < 1.29 is 14.3 Å². The third kappa shape index (κ3) is 2.53. The first-order valence-electron chi connectivity index (χ1n) is 6.88. The predicted molar refractivity (Wildman–Crippen MR) is 88.0 cm³/mol. The molecule has 3 nitrogen and oxygen atoms in total. The van der Waals surface area contributed by atoms with Gasteiger partial charge in [0.2, 0.25) is 0 Å². The Morgan fingerprint density at radius 1 is 1.00 bits per heavy atom. The second-order valence-electron chi connectivity index (χ2n) is 5.02. The fourth-order valence-corrected chi connectivity index (χ4v) is 3.33. The Hall–Kier alpha value is -2.46. The fraction of sp³-hybridized carbons (Fsp3) is 0.111. The lowest BCUT2D eigenvalue weighted by atomic mass is 10.1. The van der Waals surface area contributed by atoms with Crippen LogP contribution in [0, 0.1) is 6.92 Å². The summed E-state index contributed by atoms with van der Waals surface area (Å²) in [6.45, 7) is 3.34. The van der Waals surface area contributed by atoms with Gasteiger partial charge in [-0.1, -0.05) is 30.3 Å². The molecule has 0 aliphatic rings. The molecule has 0 aliphatic heterocycles. The second-order valence-corrected chi connectivity index (χ2v) is 6.07. The van der Waals surface area contributed by atoms with Crippen molar-refractivity contribution in [2.24, 2.45) is 0 Å². The Morgan fingerprint density at radius 3 is 2.41 bits per heavy atom. The molecule has 0 unspecified atom stereocenters. The molecule has 0 aliphatic carbocycles. The first-order valence-corrected chi connectivity index (χ1v) is 7.70. The second kappa shape index (κ2) is 5.73. The van der Waals surface area contributed by atoms with Gasteiger partial charge in [0.05, 0.1) is 5.56 Å². The van der Waals surface area contributed by atoms with E-state index in [9.17, 15) is 9.59 Å². The molecule has 4 heteroatoms. The van der Waals surface area contributed by atoms with E-state index in [1.165, 1.54) is 18.3 Å². The third-order valence-corrected chi connectivity index (χ3v) is 4.68. The van der Waals surface area contributed by atoms with Crippen LogP contribution in [0.5, 0.6) is 5.75 Å². The lowest BCUT2D eigenvalue weighted by molar-refractivity contribution is 0.0735. The van der Waals surface area contributed by atoms with Gasteiger partial charge in [0.1, 0.15) is 4.88 Å². The summed E-state index contributed by atoms with van der Waals surface area (Å²) in [5.41, 5.74) is 1.35. The molecule has 0 amide bonds. The van der Waals surface area contributed by atoms with Gasteiger partial charge in [-0.05, 0) is 30.7 Å². The molecule has 0 saturated carbocycles. The molecule has 0 fully saturated rings. The molecular weight excluding hydrogens is 296 g/mol. The average molecular weight is 310 g/mol. The van der Waals surface area contributed by atoms with Gasteiger partial charge < -0.3 is 4.74 Å². The summed E-state index contributed by atoms with van der Waals surface area (Å²) >= 11 is 1.35. The van der Waals surface area contributed by atoms with E-state index in [0.717, 1.165) is 15.6 Å². The van der Waals surface area contributed by atoms with Gasteiger partial charge in [0, 0.05) is 17.0 Å². The van der Waals surface area contributed by atoms with Crippen LogP contribution in [-0.4, -0.2) is 11.8 Å². The monoisotopic (exact) mass is 310 g/mol. The van der Waals surface area contributed by atoms with Gasteiger partial charge in [0.15, 0.2) is 11.5 Å². The van der Waals surface area contributed by atoms with Gasteiger partial charge in [-0.15, -0.1) is 11.3 Å². The molecule has 0 atom stereocenters. The highest BCUT2D eigenvalue weighted by atomic mass is 32.1. The van der Waals surface area contributed by atoms with Crippen molar-refractivity contribution >= 4 is 33.2 Å². The lowest BCUT2D eigenvalue weighted by Crippen LogP contribution is -2.11. The molecule has 3 rings (SSSR count). The first-order chi connectivity index (χ1) is 10.6. The number of hydrogen-bond acceptors (Lipinski definition) is 4. The molecule has 1 aromatic heterocycles. The third-order valence-electron chi connectivity index (χ3n) is 3.43. The van der Waals surface area contributed by atoms with Crippen molar-refractivity contribution in [2.45, 2.75) is 13.8 Å². The van der Waals surface area contributed by atoms with E-state index in [0.29, 0.717) is 16.2 Å². The number of benzene rings is 2. The highest BCUT2D eigenvalue weighted by Gasteiger charge is 2.20. The van der Waals surface area contributed by atoms with Gasteiger partial charge in [-0.25, -0.2) is 4.79 Å². The Kier molecular flexibility index (Phi) is 3.77. The van der Waals surface area contributed by atoms with Crippen LogP contribution in [0.1, 0.15) is 32.5 Å². The van der Waals surface area contributed by atoms with Gasteiger partial charge in [-0.3, -0.25) is 4.79 Å². The minimum Gasteiger partial charge on any atom is -0.421 e. The van der Waals surface area contributed by atoms with Crippen molar-refractivity contribution in [3.05, 3.63) is 64.5 Å². The Labute approximate surface area is 132 Å². The number of Topliss-reactive ketones (excluding diaryl/α,β-unsaturated/α-hetero) is 1. The zero-order valence-electron chi connectivity index (χ0n) is 12.3. The maximum absolute atomic E-state index is 12.4. The number of fused-ring (bicyclic) bond motifs is 1. The van der Waals surface area contributed by atoms with E-state index in [-0.39, 0.29) is 5.78 Å². The number of carbonyl (C=O) groups excluding carboxylic acids is 2. The minimum absolute atomic E-state index is 0.103. The van der Waals surface area contributed by atoms with E-state index in [2.05, 4.69) is 0 Å². The number of esters is 1. The lowest BCUT2D eigenvalue weighted by Gasteiger charge is -2.07. The van der Waals surface area contributed by atoms with E-state index in [4.69, 9.17) is 4.74 Å². The number of carbonyl (C=O) groups is 2. The number of aryl methyl sites for hydroxylation is 1. The average Bonchev–Trinajstić information content (AvgIpc) is 2.87. The number of thiophene rings is 1. The highest BCUT2D eigenvalue weighted by Crippen LogP contribution is 2.38. The molecule has 0 spiro atoms. The molecule has 0 saturated heterocycles. The summed E-state index contributed by atoms with van der Waals surface area (Å²) in [6, 6.07) is 14.8. The summed E-state index contributed by atoms with van der Waals surface area (Å²) in [7, 11) is 0. The summed E-state index contributed by atoms with van der Waals surface area (Å²) in [5.74, 6) is -0.181. The van der Waals surface area contributed by atoms with Crippen LogP contribution in [-0.2, 0) is 0 Å². The molecule has 2 aromatic carbocycles. The first kappa shape index (κ1) is 14.5. The van der Waals surface area contributed by atoms with E-state index < -0.39 is 5.97 Å². The molecule has 1 heterocycles. The van der Waals surface area contributed by atoms with Gasteiger partial charge in [0.25, 0.3) is 0 Å². The van der Waals surface area contributed by atoms with Gasteiger partial charge in [-0.2, -0.15) is 0 Å².